The summed E-state index contributed by atoms with van der Waals surface area (Å²) >= 11 is 0. The maximum Gasteiger partial charge on any atom is 0.251 e. The molecule has 0 aliphatic carbocycles. The van der Waals surface area contributed by atoms with E-state index in [9.17, 15) is 9.18 Å². The zero-order chi connectivity index (χ0) is 21.8. The van der Waals surface area contributed by atoms with Crippen LogP contribution in [0.5, 0.6) is 11.5 Å². The zero-order valence-corrected chi connectivity index (χ0v) is 17.2. The number of benzene rings is 3. The van der Waals surface area contributed by atoms with E-state index in [1.54, 1.807) is 32.7 Å². The Morgan fingerprint density at radius 1 is 0.968 bits per heavy atom. The number of hydrogen-bond donors (Lipinski definition) is 1. The van der Waals surface area contributed by atoms with Gasteiger partial charge in [0.15, 0.2) is 11.5 Å². The molecular formula is C25H21FN2O3. The quantitative estimate of drug-likeness (QED) is 0.481. The highest BCUT2D eigenvalue weighted by Gasteiger charge is 2.12. The third-order valence-corrected chi connectivity index (χ3v) is 5.13. The van der Waals surface area contributed by atoms with Gasteiger partial charge in [-0.2, -0.15) is 0 Å². The number of halogens is 1. The third kappa shape index (κ3) is 4.19. The number of pyridine rings is 1. The molecule has 0 aliphatic heterocycles. The van der Waals surface area contributed by atoms with E-state index in [2.05, 4.69) is 10.3 Å². The lowest BCUT2D eigenvalue weighted by Gasteiger charge is -2.14. The van der Waals surface area contributed by atoms with Crippen LogP contribution in [0.3, 0.4) is 0 Å². The molecule has 0 atom stereocenters. The van der Waals surface area contributed by atoms with Gasteiger partial charge in [-0.25, -0.2) is 4.39 Å². The first-order valence-electron chi connectivity index (χ1n) is 9.72. The molecular weight excluding hydrogens is 395 g/mol. The van der Waals surface area contributed by atoms with Crippen molar-refractivity contribution in [3.8, 4) is 22.6 Å². The molecule has 6 heteroatoms. The molecule has 0 fully saturated rings. The van der Waals surface area contributed by atoms with Crippen LogP contribution in [-0.2, 0) is 6.54 Å². The fourth-order valence-electron chi connectivity index (χ4n) is 3.57. The van der Waals surface area contributed by atoms with Gasteiger partial charge in [0, 0.05) is 29.9 Å². The minimum absolute atomic E-state index is 0.282. The minimum atomic E-state index is -0.443. The largest absolute Gasteiger partial charge is 0.493 e. The van der Waals surface area contributed by atoms with Gasteiger partial charge in [-0.05, 0) is 58.5 Å². The summed E-state index contributed by atoms with van der Waals surface area (Å²) in [4.78, 5) is 16.7. The standard InChI is InChI=1S/C25H21FN2O3/c1-30-23-9-7-16(13-24(23)31-2)20-8-6-18(22-15-27-11-10-21(20)22)14-28-25(29)17-4-3-5-19(26)12-17/h3-13,15H,14H2,1-2H3,(H,28,29). The van der Waals surface area contributed by atoms with Gasteiger partial charge in [-0.1, -0.05) is 24.3 Å². The van der Waals surface area contributed by atoms with Gasteiger partial charge in [0.2, 0.25) is 0 Å². The average Bonchev–Trinajstić information content (AvgIpc) is 2.81. The van der Waals surface area contributed by atoms with E-state index in [0.717, 1.165) is 27.5 Å². The second kappa shape index (κ2) is 8.83. The third-order valence-electron chi connectivity index (χ3n) is 5.13. The lowest BCUT2D eigenvalue weighted by atomic mass is 9.96. The van der Waals surface area contributed by atoms with E-state index in [4.69, 9.17) is 9.47 Å². The molecule has 156 valence electrons. The van der Waals surface area contributed by atoms with Crippen molar-refractivity contribution in [1.29, 1.82) is 0 Å². The van der Waals surface area contributed by atoms with E-state index in [1.165, 1.54) is 18.2 Å². The Bertz CT molecular complexity index is 1260. The predicted octanol–water partition coefficient (Wildman–Crippen LogP) is 4.99. The van der Waals surface area contributed by atoms with Crippen molar-refractivity contribution in [1.82, 2.24) is 10.3 Å². The highest BCUT2D eigenvalue weighted by atomic mass is 19.1. The van der Waals surface area contributed by atoms with E-state index < -0.39 is 5.82 Å². The SMILES string of the molecule is COc1ccc(-c2ccc(CNC(=O)c3cccc(F)c3)c3cnccc23)cc1OC. The van der Waals surface area contributed by atoms with Gasteiger partial charge in [-0.15, -0.1) is 0 Å². The molecule has 5 nitrogen and oxygen atoms in total. The Morgan fingerprint density at radius 3 is 2.58 bits per heavy atom. The van der Waals surface area contributed by atoms with Crippen LogP contribution in [0.15, 0.2) is 73.1 Å². The summed E-state index contributed by atoms with van der Waals surface area (Å²) in [6.07, 6.45) is 3.52. The monoisotopic (exact) mass is 416 g/mol. The normalized spacial score (nSPS) is 10.7. The van der Waals surface area contributed by atoms with Gasteiger partial charge in [0.25, 0.3) is 5.91 Å². The molecule has 0 aliphatic rings. The van der Waals surface area contributed by atoms with E-state index in [0.29, 0.717) is 18.0 Å². The van der Waals surface area contributed by atoms with Gasteiger partial charge in [0.1, 0.15) is 5.82 Å². The van der Waals surface area contributed by atoms with Crippen LogP contribution in [0, 0.1) is 5.82 Å². The smallest absolute Gasteiger partial charge is 0.251 e. The molecule has 0 radical (unpaired) electrons. The van der Waals surface area contributed by atoms with E-state index >= 15 is 0 Å². The Labute approximate surface area is 179 Å². The second-order valence-electron chi connectivity index (χ2n) is 6.96. The number of nitrogens with one attached hydrogen (secondary N) is 1. The Hall–Kier alpha value is -3.93. The molecule has 0 spiro atoms. The summed E-state index contributed by atoms with van der Waals surface area (Å²) in [7, 11) is 3.21. The molecule has 4 aromatic rings. The molecule has 3 aromatic carbocycles. The van der Waals surface area contributed by atoms with Gasteiger partial charge < -0.3 is 14.8 Å². The molecule has 0 saturated heterocycles. The zero-order valence-electron chi connectivity index (χ0n) is 17.2. The van der Waals surface area contributed by atoms with Crippen molar-refractivity contribution in [2.75, 3.05) is 14.2 Å². The summed E-state index contributed by atoms with van der Waals surface area (Å²) < 4.78 is 24.2. The average molecular weight is 416 g/mol. The lowest BCUT2D eigenvalue weighted by Crippen LogP contribution is -2.23. The summed E-state index contributed by atoms with van der Waals surface area (Å²) in [5.41, 5.74) is 3.18. The summed E-state index contributed by atoms with van der Waals surface area (Å²) in [6, 6.07) is 17.3. The van der Waals surface area contributed by atoms with Crippen molar-refractivity contribution in [3.05, 3.63) is 90.0 Å². The molecule has 1 aromatic heterocycles. The van der Waals surface area contributed by atoms with Crippen LogP contribution >= 0.6 is 0 Å². The lowest BCUT2D eigenvalue weighted by molar-refractivity contribution is 0.0950. The maximum atomic E-state index is 13.4. The van der Waals surface area contributed by atoms with Crippen LogP contribution in [0.2, 0.25) is 0 Å². The van der Waals surface area contributed by atoms with E-state index in [-0.39, 0.29) is 11.5 Å². The van der Waals surface area contributed by atoms with Crippen LogP contribution in [-0.4, -0.2) is 25.1 Å². The number of nitrogens with zero attached hydrogens (tertiary/aromatic N) is 1. The molecule has 4 rings (SSSR count). The number of ether oxygens (including phenoxy) is 2. The Kier molecular flexibility index (Phi) is 5.80. The fourth-order valence-corrected chi connectivity index (χ4v) is 3.57. The van der Waals surface area contributed by atoms with Gasteiger partial charge >= 0.3 is 0 Å². The molecule has 1 heterocycles. The topological polar surface area (TPSA) is 60.5 Å². The number of carbonyl (C=O) groups is 1. The molecule has 0 unspecified atom stereocenters. The van der Waals surface area contributed by atoms with Crippen molar-refractivity contribution in [3.63, 3.8) is 0 Å². The number of hydrogen-bond acceptors (Lipinski definition) is 4. The van der Waals surface area contributed by atoms with Crippen LogP contribution in [0.25, 0.3) is 21.9 Å². The first-order valence-corrected chi connectivity index (χ1v) is 9.72. The predicted molar refractivity (Wildman–Crippen MR) is 118 cm³/mol. The summed E-state index contributed by atoms with van der Waals surface area (Å²) in [5, 5.41) is 4.78. The Morgan fingerprint density at radius 2 is 1.81 bits per heavy atom. The molecule has 1 amide bonds. The van der Waals surface area contributed by atoms with Crippen molar-refractivity contribution >= 4 is 16.7 Å². The maximum absolute atomic E-state index is 13.4. The molecule has 31 heavy (non-hydrogen) atoms. The molecule has 1 N–H and O–H groups in total. The number of amides is 1. The summed E-state index contributed by atoms with van der Waals surface area (Å²) in [6.45, 7) is 0.295. The van der Waals surface area contributed by atoms with Crippen LogP contribution in [0.1, 0.15) is 15.9 Å². The number of fused-ring (bicyclic) bond motifs is 1. The Balaban J connectivity index is 1.67. The van der Waals surface area contributed by atoms with Gasteiger partial charge in [0.05, 0.1) is 14.2 Å². The van der Waals surface area contributed by atoms with Crippen molar-refractivity contribution in [2.45, 2.75) is 6.54 Å². The number of aromatic nitrogens is 1. The van der Waals surface area contributed by atoms with Crippen LogP contribution < -0.4 is 14.8 Å². The number of rotatable bonds is 6. The van der Waals surface area contributed by atoms with E-state index in [1.807, 2.05) is 36.4 Å². The first-order chi connectivity index (χ1) is 15.1. The van der Waals surface area contributed by atoms with Gasteiger partial charge in [-0.3, -0.25) is 9.78 Å². The second-order valence-corrected chi connectivity index (χ2v) is 6.96. The minimum Gasteiger partial charge on any atom is -0.493 e. The highest BCUT2D eigenvalue weighted by Crippen LogP contribution is 2.36. The summed E-state index contributed by atoms with van der Waals surface area (Å²) in [5.74, 6) is 0.532. The highest BCUT2D eigenvalue weighted by molar-refractivity contribution is 5.99. The first kappa shape index (κ1) is 20.3. The molecule has 0 saturated carbocycles. The fraction of sp³-hybridized carbons (Fsp3) is 0.120. The van der Waals surface area contributed by atoms with Crippen molar-refractivity contribution < 1.29 is 18.7 Å². The molecule has 0 bridgehead atoms. The number of carbonyl (C=O) groups excluding carboxylic acids is 1. The number of methoxy groups -OCH3 is 2. The van der Waals surface area contributed by atoms with Crippen molar-refractivity contribution in [2.24, 2.45) is 0 Å². The van der Waals surface area contributed by atoms with Crippen LogP contribution in [0.4, 0.5) is 4.39 Å².